The largest absolute Gasteiger partial charge is 0.467 e. The smallest absolute Gasteiger partial charge is 0.354 e. The van der Waals surface area contributed by atoms with Crippen molar-refractivity contribution in [1.29, 1.82) is 0 Å². The summed E-state index contributed by atoms with van der Waals surface area (Å²) in [6, 6.07) is 6.53. The highest BCUT2D eigenvalue weighted by Gasteiger charge is 2.53. The maximum atomic E-state index is 13.8. The first-order chi connectivity index (χ1) is 21.3. The van der Waals surface area contributed by atoms with E-state index in [4.69, 9.17) is 33.2 Å². The standard InChI is InChI=1S/C28H31N3O14/c1-14(32)40-13-20-22(41-15(2)33)23(42-16(3)34)24(43-17(4)35)26(44-20)45-21-12-11-19(25(36)39-5)30-27(37)29(28(38)31(21)30)18-9-7-6-8-10-18/h6-12,19-24,26H,13H2,1-5H3/t19-,20?,21-,22?,23?,24?,26?/m0/s1. The number of fused-ring (bicyclic) bond motifs is 1. The van der Waals surface area contributed by atoms with Crippen molar-refractivity contribution in [2.24, 2.45) is 0 Å². The van der Waals surface area contributed by atoms with E-state index in [2.05, 4.69) is 0 Å². The molecular weight excluding hydrogens is 602 g/mol. The molecule has 17 nitrogen and oxygen atoms in total. The highest BCUT2D eigenvalue weighted by atomic mass is 16.7. The van der Waals surface area contributed by atoms with Crippen molar-refractivity contribution in [3.8, 4) is 5.69 Å². The number of esters is 5. The molecule has 2 aliphatic heterocycles. The minimum Gasteiger partial charge on any atom is -0.467 e. The zero-order valence-electron chi connectivity index (χ0n) is 24.8. The Morgan fingerprint density at radius 3 is 1.91 bits per heavy atom. The molecule has 0 radical (unpaired) electrons. The van der Waals surface area contributed by atoms with Gasteiger partial charge < -0.3 is 33.2 Å². The quantitative estimate of drug-likeness (QED) is 0.198. The summed E-state index contributed by atoms with van der Waals surface area (Å²) < 4.78 is 40.6. The fourth-order valence-electron chi connectivity index (χ4n) is 4.95. The van der Waals surface area contributed by atoms with Gasteiger partial charge in [0.15, 0.2) is 30.6 Å². The third kappa shape index (κ3) is 7.04. The predicted molar refractivity (Wildman–Crippen MR) is 147 cm³/mol. The molecule has 1 saturated heterocycles. The fraction of sp³-hybridized carbons (Fsp3) is 0.464. The van der Waals surface area contributed by atoms with Crippen LogP contribution in [0.3, 0.4) is 0 Å². The third-order valence-corrected chi connectivity index (χ3v) is 6.65. The normalized spacial score (nSPS) is 25.4. The van der Waals surface area contributed by atoms with E-state index in [0.29, 0.717) is 0 Å². The van der Waals surface area contributed by atoms with Gasteiger partial charge in [-0.3, -0.25) is 19.2 Å². The third-order valence-electron chi connectivity index (χ3n) is 6.65. The van der Waals surface area contributed by atoms with Gasteiger partial charge in [-0.25, -0.2) is 23.6 Å². The van der Waals surface area contributed by atoms with Crippen LogP contribution in [-0.4, -0.2) is 88.2 Å². The molecule has 1 aromatic carbocycles. The van der Waals surface area contributed by atoms with Crippen molar-refractivity contribution in [2.75, 3.05) is 13.7 Å². The molecule has 4 rings (SSSR count). The minimum atomic E-state index is -1.69. The molecule has 5 unspecified atom stereocenters. The van der Waals surface area contributed by atoms with Crippen molar-refractivity contribution in [3.05, 3.63) is 63.5 Å². The SMILES string of the molecule is COC(=O)[C@@H]1C=C[C@H](OC2OC(COC(C)=O)C(OC(C)=O)C(OC(C)=O)C2OC(C)=O)n2c(=O)n(-c3ccccc3)c(=O)n21. The van der Waals surface area contributed by atoms with Crippen LogP contribution < -0.4 is 11.4 Å². The number of methoxy groups -OCH3 is 1. The second-order valence-corrected chi connectivity index (χ2v) is 9.87. The van der Waals surface area contributed by atoms with E-state index < -0.39 is 90.8 Å². The Labute approximate surface area is 254 Å². The lowest BCUT2D eigenvalue weighted by molar-refractivity contribution is -0.321. The molecule has 7 atom stereocenters. The molecule has 0 amide bonds. The number of benzene rings is 1. The lowest BCUT2D eigenvalue weighted by Crippen LogP contribution is -2.63. The van der Waals surface area contributed by atoms with Gasteiger partial charge in [0, 0.05) is 27.7 Å². The first-order valence-corrected chi connectivity index (χ1v) is 13.6. The van der Waals surface area contributed by atoms with E-state index in [1.807, 2.05) is 0 Å². The van der Waals surface area contributed by atoms with Crippen LogP contribution >= 0.6 is 0 Å². The van der Waals surface area contributed by atoms with E-state index in [1.165, 1.54) is 24.3 Å². The van der Waals surface area contributed by atoms with Gasteiger partial charge in [0.2, 0.25) is 6.29 Å². The second kappa shape index (κ2) is 13.7. The maximum Gasteiger partial charge on any atom is 0.354 e. The van der Waals surface area contributed by atoms with E-state index >= 15 is 0 Å². The molecule has 17 heteroatoms. The average Bonchev–Trinajstić information content (AvgIpc) is 3.24. The number of hydrogen-bond acceptors (Lipinski definition) is 14. The average molecular weight is 634 g/mol. The Hall–Kier alpha value is -5.03. The number of rotatable bonds is 9. The maximum absolute atomic E-state index is 13.8. The molecule has 0 saturated carbocycles. The summed E-state index contributed by atoms with van der Waals surface area (Å²) >= 11 is 0. The summed E-state index contributed by atoms with van der Waals surface area (Å²) in [5.74, 6) is -4.13. The van der Waals surface area contributed by atoms with Gasteiger partial charge in [-0.05, 0) is 24.3 Å². The van der Waals surface area contributed by atoms with Crippen LogP contribution in [0.5, 0.6) is 0 Å². The number of nitrogens with zero attached hydrogens (tertiary/aromatic N) is 3. The summed E-state index contributed by atoms with van der Waals surface area (Å²) in [6.07, 6.45) is -6.57. The Balaban J connectivity index is 1.83. The second-order valence-electron chi connectivity index (χ2n) is 9.87. The van der Waals surface area contributed by atoms with Gasteiger partial charge in [-0.15, -0.1) is 0 Å². The van der Waals surface area contributed by atoms with Crippen LogP contribution in [0.15, 0.2) is 52.1 Å². The molecule has 1 fully saturated rings. The van der Waals surface area contributed by atoms with Gasteiger partial charge in [0.25, 0.3) is 0 Å². The van der Waals surface area contributed by atoms with Crippen molar-refractivity contribution >= 4 is 29.8 Å². The number of aromatic nitrogens is 3. The monoisotopic (exact) mass is 633 g/mol. The first-order valence-electron chi connectivity index (χ1n) is 13.6. The van der Waals surface area contributed by atoms with Crippen molar-refractivity contribution in [3.63, 3.8) is 0 Å². The molecule has 2 aliphatic rings. The minimum absolute atomic E-state index is 0.191. The number of carbonyl (C=O) groups is 5. The van der Waals surface area contributed by atoms with E-state index in [-0.39, 0.29) is 5.69 Å². The topological polar surface area (TPSA) is 199 Å². The number of ether oxygens (including phenoxy) is 7. The van der Waals surface area contributed by atoms with Crippen molar-refractivity contribution in [2.45, 2.75) is 70.7 Å². The Bertz CT molecular complexity index is 1610. The summed E-state index contributed by atoms with van der Waals surface area (Å²) in [4.78, 5) is 88.0. The summed E-state index contributed by atoms with van der Waals surface area (Å²) in [5.41, 5.74) is -1.63. The van der Waals surface area contributed by atoms with Gasteiger partial charge >= 0.3 is 41.2 Å². The van der Waals surface area contributed by atoms with Gasteiger partial charge in [0.1, 0.15) is 12.7 Å². The zero-order valence-corrected chi connectivity index (χ0v) is 24.8. The lowest BCUT2D eigenvalue weighted by Gasteiger charge is -2.44. The number of carbonyl (C=O) groups excluding carboxylic acids is 5. The van der Waals surface area contributed by atoms with Gasteiger partial charge in [0.05, 0.1) is 12.8 Å². The number of hydrogen-bond donors (Lipinski definition) is 0. The van der Waals surface area contributed by atoms with E-state index in [9.17, 15) is 33.6 Å². The van der Waals surface area contributed by atoms with Crippen LogP contribution in [0.2, 0.25) is 0 Å². The summed E-state index contributed by atoms with van der Waals surface area (Å²) in [6.45, 7) is 3.79. The van der Waals surface area contributed by atoms with Gasteiger partial charge in [-0.2, -0.15) is 4.68 Å². The summed E-state index contributed by atoms with van der Waals surface area (Å²) in [5, 5.41) is 0. The molecular formula is C28H31N3O14. The van der Waals surface area contributed by atoms with Crippen molar-refractivity contribution < 1.29 is 57.1 Å². The van der Waals surface area contributed by atoms with Crippen LogP contribution in [0.4, 0.5) is 0 Å². The molecule has 0 N–H and O–H groups in total. The molecule has 0 bridgehead atoms. The van der Waals surface area contributed by atoms with Crippen LogP contribution in [-0.2, 0) is 57.1 Å². The van der Waals surface area contributed by atoms with E-state index in [0.717, 1.165) is 48.7 Å². The molecule has 3 heterocycles. The Morgan fingerprint density at radius 2 is 1.33 bits per heavy atom. The summed E-state index contributed by atoms with van der Waals surface area (Å²) in [7, 11) is 1.11. The van der Waals surface area contributed by atoms with Gasteiger partial charge in [-0.1, -0.05) is 18.2 Å². The van der Waals surface area contributed by atoms with Crippen molar-refractivity contribution in [1.82, 2.24) is 13.9 Å². The molecule has 0 spiro atoms. The number of para-hydroxylation sites is 1. The Kier molecular flexibility index (Phi) is 10.0. The van der Waals surface area contributed by atoms with Crippen LogP contribution in [0.25, 0.3) is 5.69 Å². The van der Waals surface area contributed by atoms with Crippen LogP contribution in [0, 0.1) is 0 Å². The predicted octanol–water partition coefficient (Wildman–Crippen LogP) is -0.317. The van der Waals surface area contributed by atoms with E-state index in [1.54, 1.807) is 18.2 Å². The molecule has 242 valence electrons. The Morgan fingerprint density at radius 1 is 0.756 bits per heavy atom. The highest BCUT2D eigenvalue weighted by molar-refractivity contribution is 5.76. The lowest BCUT2D eigenvalue weighted by atomic mass is 9.98. The molecule has 1 aromatic heterocycles. The molecule has 45 heavy (non-hydrogen) atoms. The zero-order chi connectivity index (χ0) is 33.0. The van der Waals surface area contributed by atoms with Crippen LogP contribution in [0.1, 0.15) is 40.0 Å². The molecule has 2 aromatic rings. The first kappa shape index (κ1) is 32.9. The molecule has 0 aliphatic carbocycles. The highest BCUT2D eigenvalue weighted by Crippen LogP contribution is 2.33. The fourth-order valence-corrected chi connectivity index (χ4v) is 4.95.